The second-order valence-electron chi connectivity index (χ2n) is 11.9. The summed E-state index contributed by atoms with van der Waals surface area (Å²) in [6.07, 6.45) is 19.6. The Morgan fingerprint density at radius 1 is 1.10 bits per heavy atom. The van der Waals surface area contributed by atoms with Crippen molar-refractivity contribution in [2.45, 2.75) is 104 Å². The number of fused-ring (bicyclic) bond motifs is 5. The number of hydrogen-bond donors (Lipinski definition) is 0. The van der Waals surface area contributed by atoms with Gasteiger partial charge in [0.25, 0.3) is 0 Å². The monoisotopic (exact) mass is 412 g/mol. The molecule has 3 saturated carbocycles. The molecule has 30 heavy (non-hydrogen) atoms. The van der Waals surface area contributed by atoms with E-state index in [9.17, 15) is 0 Å². The zero-order valence-corrected chi connectivity index (χ0v) is 19.7. The third-order valence-electron chi connectivity index (χ3n) is 10.6. The van der Waals surface area contributed by atoms with Crippen LogP contribution < -0.4 is 0 Å². The van der Waals surface area contributed by atoms with Gasteiger partial charge in [-0.3, -0.25) is 0 Å². The molecule has 9 atom stereocenters. The van der Waals surface area contributed by atoms with E-state index in [-0.39, 0.29) is 6.29 Å². The summed E-state index contributed by atoms with van der Waals surface area (Å²) < 4.78 is 12.3. The third kappa shape index (κ3) is 3.36. The van der Waals surface area contributed by atoms with Gasteiger partial charge in [-0.2, -0.15) is 0 Å². The van der Waals surface area contributed by atoms with Crippen LogP contribution in [0, 0.1) is 40.4 Å². The molecule has 0 aromatic heterocycles. The van der Waals surface area contributed by atoms with Crippen molar-refractivity contribution < 1.29 is 9.47 Å². The Morgan fingerprint density at radius 2 is 1.97 bits per heavy atom. The van der Waals surface area contributed by atoms with E-state index >= 15 is 0 Å². The average Bonchev–Trinajstić information content (AvgIpc) is 3.11. The predicted molar refractivity (Wildman–Crippen MR) is 123 cm³/mol. The Hall–Kier alpha value is -0.600. The topological polar surface area (TPSA) is 18.5 Å². The molecule has 1 saturated heterocycles. The van der Waals surface area contributed by atoms with Crippen molar-refractivity contribution in [1.82, 2.24) is 0 Å². The van der Waals surface area contributed by atoms with Crippen LogP contribution in [0.5, 0.6) is 0 Å². The van der Waals surface area contributed by atoms with Gasteiger partial charge in [0.2, 0.25) is 0 Å². The van der Waals surface area contributed by atoms with E-state index < -0.39 is 0 Å². The van der Waals surface area contributed by atoms with Crippen molar-refractivity contribution in [2.24, 2.45) is 40.4 Å². The molecule has 2 heteroatoms. The molecule has 1 heterocycles. The lowest BCUT2D eigenvalue weighted by atomic mass is 9.47. The van der Waals surface area contributed by atoms with Crippen LogP contribution in [0.15, 0.2) is 24.3 Å². The summed E-state index contributed by atoms with van der Waals surface area (Å²) in [5, 5.41) is 0. The van der Waals surface area contributed by atoms with Gasteiger partial charge in [0.15, 0.2) is 6.29 Å². The molecule has 0 aromatic rings. The molecule has 0 N–H and O–H groups in total. The second-order valence-corrected chi connectivity index (χ2v) is 11.9. The lowest BCUT2D eigenvalue weighted by Crippen LogP contribution is -2.51. The molecule has 0 aromatic carbocycles. The molecule has 2 nitrogen and oxygen atoms in total. The Kier molecular flexibility index (Phi) is 5.72. The fourth-order valence-corrected chi connectivity index (χ4v) is 8.85. The SMILES string of the molecule is C=C[C@H](C)[C@H]1CC[C@H]2[C@@H]3CC=C4C[C@@H](OC5CCCCO5)CC[C@]4(C)[C@H]3CC[C@]12C. The first-order valence-corrected chi connectivity index (χ1v) is 13.0. The zero-order chi connectivity index (χ0) is 20.9. The van der Waals surface area contributed by atoms with Crippen molar-refractivity contribution in [3.8, 4) is 0 Å². The Labute approximate surface area is 184 Å². The molecule has 1 unspecified atom stereocenters. The summed E-state index contributed by atoms with van der Waals surface area (Å²) >= 11 is 0. The normalized spacial score (nSPS) is 49.4. The number of rotatable bonds is 4. The van der Waals surface area contributed by atoms with Crippen molar-refractivity contribution >= 4 is 0 Å². The smallest absolute Gasteiger partial charge is 0.157 e. The minimum atomic E-state index is 0.0581. The molecule has 168 valence electrons. The minimum absolute atomic E-state index is 0.0581. The Balaban J connectivity index is 1.31. The molecule has 5 aliphatic rings. The molecular weight excluding hydrogens is 368 g/mol. The van der Waals surface area contributed by atoms with Crippen LogP contribution in [0.3, 0.4) is 0 Å². The van der Waals surface area contributed by atoms with Crippen LogP contribution in [0.4, 0.5) is 0 Å². The molecule has 4 aliphatic carbocycles. The lowest BCUT2D eigenvalue weighted by molar-refractivity contribution is -0.195. The van der Waals surface area contributed by atoms with E-state index in [1.54, 1.807) is 5.57 Å². The van der Waals surface area contributed by atoms with Gasteiger partial charge in [0, 0.05) is 6.61 Å². The van der Waals surface area contributed by atoms with Gasteiger partial charge < -0.3 is 9.47 Å². The summed E-state index contributed by atoms with van der Waals surface area (Å²) in [6, 6.07) is 0. The van der Waals surface area contributed by atoms with E-state index in [4.69, 9.17) is 9.47 Å². The first-order chi connectivity index (χ1) is 14.5. The van der Waals surface area contributed by atoms with E-state index in [1.807, 2.05) is 0 Å². The fraction of sp³-hybridized carbons (Fsp3) is 0.857. The summed E-state index contributed by atoms with van der Waals surface area (Å²) in [5.41, 5.74) is 2.68. The largest absolute Gasteiger partial charge is 0.353 e. The van der Waals surface area contributed by atoms with Gasteiger partial charge in [-0.25, -0.2) is 0 Å². The molecule has 1 aliphatic heterocycles. The van der Waals surface area contributed by atoms with Crippen molar-refractivity contribution in [1.29, 1.82) is 0 Å². The Bertz CT molecular complexity index is 676. The third-order valence-corrected chi connectivity index (χ3v) is 10.6. The standard InChI is InChI=1S/C28H44O2/c1-5-19(2)23-11-12-24-22-10-9-20-18-21(30-26-8-6-7-17-29-26)13-15-27(20,3)25(22)14-16-28(23,24)4/h5,9,19,21-26H,1,6-8,10-18H2,2-4H3/t19-,21-,22-,23+,24-,25-,26?,27-,28+/m0/s1. The van der Waals surface area contributed by atoms with Crippen LogP contribution >= 0.6 is 0 Å². The molecule has 0 spiro atoms. The predicted octanol–water partition coefficient (Wildman–Crippen LogP) is 7.30. The molecule has 0 radical (unpaired) electrons. The van der Waals surface area contributed by atoms with Crippen LogP contribution in [0.2, 0.25) is 0 Å². The summed E-state index contributed by atoms with van der Waals surface area (Å²) in [5.74, 6) is 4.22. The van der Waals surface area contributed by atoms with Gasteiger partial charge in [-0.05, 0) is 111 Å². The van der Waals surface area contributed by atoms with E-state index in [1.165, 1.54) is 57.8 Å². The van der Waals surface area contributed by atoms with Gasteiger partial charge in [0.05, 0.1) is 6.10 Å². The average molecular weight is 413 g/mol. The molecule has 0 bridgehead atoms. The summed E-state index contributed by atoms with van der Waals surface area (Å²) in [4.78, 5) is 0. The number of allylic oxidation sites excluding steroid dienone is 2. The van der Waals surface area contributed by atoms with Crippen molar-refractivity contribution in [2.75, 3.05) is 6.61 Å². The van der Waals surface area contributed by atoms with Crippen LogP contribution in [0.25, 0.3) is 0 Å². The van der Waals surface area contributed by atoms with Crippen LogP contribution in [0.1, 0.15) is 91.4 Å². The summed E-state index contributed by atoms with van der Waals surface area (Å²) in [7, 11) is 0. The van der Waals surface area contributed by atoms with E-state index in [0.29, 0.717) is 22.9 Å². The van der Waals surface area contributed by atoms with Gasteiger partial charge in [-0.15, -0.1) is 6.58 Å². The highest BCUT2D eigenvalue weighted by molar-refractivity contribution is 5.25. The molecular formula is C28H44O2. The maximum absolute atomic E-state index is 6.43. The highest BCUT2D eigenvalue weighted by Crippen LogP contribution is 2.67. The van der Waals surface area contributed by atoms with Gasteiger partial charge in [-0.1, -0.05) is 38.5 Å². The highest BCUT2D eigenvalue weighted by atomic mass is 16.7. The van der Waals surface area contributed by atoms with E-state index in [0.717, 1.165) is 43.1 Å². The van der Waals surface area contributed by atoms with Crippen molar-refractivity contribution in [3.05, 3.63) is 24.3 Å². The lowest BCUT2D eigenvalue weighted by Gasteiger charge is -2.58. The molecule has 5 rings (SSSR count). The maximum Gasteiger partial charge on any atom is 0.157 e. The summed E-state index contributed by atoms with van der Waals surface area (Å²) in [6.45, 7) is 12.7. The first-order valence-electron chi connectivity index (χ1n) is 13.0. The van der Waals surface area contributed by atoms with Gasteiger partial charge >= 0.3 is 0 Å². The van der Waals surface area contributed by atoms with E-state index in [2.05, 4.69) is 39.5 Å². The van der Waals surface area contributed by atoms with Crippen molar-refractivity contribution in [3.63, 3.8) is 0 Å². The van der Waals surface area contributed by atoms with Crippen LogP contribution in [-0.2, 0) is 9.47 Å². The number of hydrogen-bond acceptors (Lipinski definition) is 2. The minimum Gasteiger partial charge on any atom is -0.353 e. The molecule has 0 amide bonds. The zero-order valence-electron chi connectivity index (χ0n) is 19.7. The fourth-order valence-electron chi connectivity index (χ4n) is 8.85. The number of ether oxygens (including phenoxy) is 2. The quantitative estimate of drug-likeness (QED) is 0.451. The second kappa shape index (κ2) is 8.07. The highest BCUT2D eigenvalue weighted by Gasteiger charge is 2.59. The maximum atomic E-state index is 6.43. The Morgan fingerprint density at radius 3 is 2.73 bits per heavy atom. The van der Waals surface area contributed by atoms with Crippen LogP contribution in [-0.4, -0.2) is 19.0 Å². The molecule has 4 fully saturated rings. The first kappa shape index (κ1) is 21.3. The van der Waals surface area contributed by atoms with Gasteiger partial charge in [0.1, 0.15) is 0 Å².